The van der Waals surface area contributed by atoms with E-state index in [1.54, 1.807) is 12.1 Å². The summed E-state index contributed by atoms with van der Waals surface area (Å²) >= 11 is 0. The van der Waals surface area contributed by atoms with Gasteiger partial charge in [-0.05, 0) is 53.8 Å². The second-order valence-electron chi connectivity index (χ2n) is 5.31. The van der Waals surface area contributed by atoms with Crippen LogP contribution >= 0.6 is 0 Å². The zero-order chi connectivity index (χ0) is 14.4. The molecule has 0 aliphatic carbocycles. The lowest BCUT2D eigenvalue weighted by Gasteiger charge is -2.05. The fourth-order valence-electron chi connectivity index (χ4n) is 1.50. The first kappa shape index (κ1) is 15.2. The smallest absolute Gasteiger partial charge is 0.123 e. The predicted octanol–water partition coefficient (Wildman–Crippen LogP) is 5.05. The molecule has 0 radical (unpaired) electrons. The summed E-state index contributed by atoms with van der Waals surface area (Å²) in [6.45, 7) is 8.46. The van der Waals surface area contributed by atoms with Gasteiger partial charge in [-0.25, -0.2) is 4.39 Å². The van der Waals surface area contributed by atoms with E-state index in [4.69, 9.17) is 5.73 Å². The van der Waals surface area contributed by atoms with Crippen LogP contribution in [0.3, 0.4) is 0 Å². The van der Waals surface area contributed by atoms with Crippen molar-refractivity contribution in [1.82, 2.24) is 0 Å². The van der Waals surface area contributed by atoms with E-state index < -0.39 is 0 Å². The number of halogens is 1. The first-order chi connectivity index (χ1) is 8.90. The maximum absolute atomic E-state index is 12.7. The van der Waals surface area contributed by atoms with Gasteiger partial charge in [0.25, 0.3) is 0 Å². The van der Waals surface area contributed by atoms with E-state index in [2.05, 4.69) is 20.8 Å². The van der Waals surface area contributed by atoms with Crippen LogP contribution in [0.5, 0.6) is 0 Å². The molecule has 102 valence electrons. The highest BCUT2D eigenvalue weighted by molar-refractivity contribution is 5.67. The van der Waals surface area contributed by atoms with Gasteiger partial charge in [0.1, 0.15) is 5.82 Å². The van der Waals surface area contributed by atoms with Gasteiger partial charge in [-0.1, -0.05) is 39.0 Å². The van der Waals surface area contributed by atoms with Crippen molar-refractivity contribution in [2.24, 2.45) is 5.92 Å². The van der Waals surface area contributed by atoms with Crippen LogP contribution in [0.1, 0.15) is 26.3 Å². The molecule has 19 heavy (non-hydrogen) atoms. The van der Waals surface area contributed by atoms with Gasteiger partial charge in [-0.3, -0.25) is 0 Å². The molecule has 0 amide bonds. The summed E-state index contributed by atoms with van der Waals surface area (Å²) in [6.07, 6.45) is 0. The fraction of sp³-hybridized carbons (Fsp3) is 0.294. The second kappa shape index (κ2) is 6.93. The van der Waals surface area contributed by atoms with Crippen LogP contribution in [0.4, 0.5) is 10.1 Å². The Balaban J connectivity index is 0.000000399. The summed E-state index contributed by atoms with van der Waals surface area (Å²) in [7, 11) is 0. The van der Waals surface area contributed by atoms with Crippen molar-refractivity contribution in [3.8, 4) is 11.1 Å². The third-order valence-electron chi connectivity index (χ3n) is 2.45. The Morgan fingerprint density at radius 2 is 1.37 bits per heavy atom. The normalized spacial score (nSPS) is 10.0. The van der Waals surface area contributed by atoms with E-state index in [1.807, 2.05) is 25.1 Å². The number of anilines is 1. The molecule has 0 aliphatic heterocycles. The first-order valence-electron chi connectivity index (χ1n) is 6.52. The fourth-order valence-corrected chi connectivity index (χ4v) is 1.50. The highest BCUT2D eigenvalue weighted by Gasteiger charge is 2.00. The molecule has 0 heterocycles. The average molecular weight is 259 g/mol. The van der Waals surface area contributed by atoms with Crippen molar-refractivity contribution in [2.75, 3.05) is 5.73 Å². The molecule has 0 aliphatic rings. The Bertz CT molecular complexity index is 513. The number of rotatable bonds is 1. The predicted molar refractivity (Wildman–Crippen MR) is 81.5 cm³/mol. The van der Waals surface area contributed by atoms with Crippen molar-refractivity contribution in [2.45, 2.75) is 27.7 Å². The van der Waals surface area contributed by atoms with Gasteiger partial charge in [-0.2, -0.15) is 0 Å². The number of hydrogen-bond acceptors (Lipinski definition) is 1. The van der Waals surface area contributed by atoms with Gasteiger partial charge in [-0.15, -0.1) is 0 Å². The lowest BCUT2D eigenvalue weighted by atomic mass is 10.0. The molecule has 0 spiro atoms. The monoisotopic (exact) mass is 259 g/mol. The minimum atomic E-state index is -0.217. The zero-order valence-corrected chi connectivity index (χ0v) is 12.1. The minimum Gasteiger partial charge on any atom is -0.399 e. The maximum Gasteiger partial charge on any atom is 0.123 e. The molecule has 0 aromatic heterocycles. The van der Waals surface area contributed by atoms with Gasteiger partial charge < -0.3 is 5.73 Å². The third-order valence-corrected chi connectivity index (χ3v) is 2.45. The van der Waals surface area contributed by atoms with E-state index in [9.17, 15) is 4.39 Å². The molecular weight excluding hydrogens is 237 g/mol. The molecule has 2 rings (SSSR count). The topological polar surface area (TPSA) is 26.0 Å². The van der Waals surface area contributed by atoms with Crippen molar-refractivity contribution in [3.05, 3.63) is 53.8 Å². The highest BCUT2D eigenvalue weighted by Crippen LogP contribution is 2.23. The van der Waals surface area contributed by atoms with Gasteiger partial charge >= 0.3 is 0 Å². The Kier molecular flexibility index (Phi) is 5.56. The van der Waals surface area contributed by atoms with E-state index >= 15 is 0 Å². The van der Waals surface area contributed by atoms with Crippen molar-refractivity contribution >= 4 is 5.69 Å². The van der Waals surface area contributed by atoms with Crippen LogP contribution in [-0.4, -0.2) is 0 Å². The molecule has 2 aromatic rings. The van der Waals surface area contributed by atoms with Crippen LogP contribution in [0, 0.1) is 18.7 Å². The summed E-state index contributed by atoms with van der Waals surface area (Å²) in [5.74, 6) is 0.617. The molecule has 0 unspecified atom stereocenters. The van der Waals surface area contributed by atoms with E-state index in [0.717, 1.165) is 28.3 Å². The standard InChI is InChI=1S/C13H12FN.C4H10/c1-9-8-11(4-7-13(9)15)10-2-5-12(14)6-3-10;1-4(2)3/h2-8H,15H2,1H3;4H,1-3H3. The van der Waals surface area contributed by atoms with Crippen LogP contribution in [0.15, 0.2) is 42.5 Å². The second-order valence-corrected chi connectivity index (χ2v) is 5.31. The molecule has 0 atom stereocenters. The van der Waals surface area contributed by atoms with Crippen LogP contribution in [0.25, 0.3) is 11.1 Å². The van der Waals surface area contributed by atoms with Crippen LogP contribution in [-0.2, 0) is 0 Å². The number of nitrogens with two attached hydrogens (primary N) is 1. The van der Waals surface area contributed by atoms with Crippen molar-refractivity contribution in [3.63, 3.8) is 0 Å². The summed E-state index contributed by atoms with van der Waals surface area (Å²) < 4.78 is 12.7. The first-order valence-corrected chi connectivity index (χ1v) is 6.52. The van der Waals surface area contributed by atoms with Gasteiger partial charge in [0, 0.05) is 5.69 Å². The summed E-state index contributed by atoms with van der Waals surface area (Å²) in [5, 5.41) is 0. The van der Waals surface area contributed by atoms with Crippen LogP contribution in [0.2, 0.25) is 0 Å². The summed E-state index contributed by atoms with van der Waals surface area (Å²) in [4.78, 5) is 0. The summed E-state index contributed by atoms with van der Waals surface area (Å²) in [5.41, 5.74) is 9.60. The molecule has 2 aromatic carbocycles. The van der Waals surface area contributed by atoms with E-state index in [-0.39, 0.29) is 5.82 Å². The average Bonchev–Trinajstić information content (AvgIpc) is 2.33. The molecular formula is C17H22FN. The van der Waals surface area contributed by atoms with Crippen LogP contribution < -0.4 is 5.73 Å². The van der Waals surface area contributed by atoms with Gasteiger partial charge in [0.15, 0.2) is 0 Å². The van der Waals surface area contributed by atoms with Crippen molar-refractivity contribution < 1.29 is 4.39 Å². The van der Waals surface area contributed by atoms with Gasteiger partial charge in [0.2, 0.25) is 0 Å². The molecule has 0 saturated heterocycles. The molecule has 2 N–H and O–H groups in total. The zero-order valence-electron chi connectivity index (χ0n) is 12.1. The van der Waals surface area contributed by atoms with Crippen molar-refractivity contribution in [1.29, 1.82) is 0 Å². The van der Waals surface area contributed by atoms with Gasteiger partial charge in [0.05, 0.1) is 0 Å². The molecule has 0 fully saturated rings. The summed E-state index contributed by atoms with van der Waals surface area (Å²) in [6, 6.07) is 12.3. The highest BCUT2D eigenvalue weighted by atomic mass is 19.1. The minimum absolute atomic E-state index is 0.217. The Morgan fingerprint density at radius 3 is 1.84 bits per heavy atom. The molecule has 0 saturated carbocycles. The van der Waals surface area contributed by atoms with E-state index in [1.165, 1.54) is 12.1 Å². The lowest BCUT2D eigenvalue weighted by molar-refractivity contribution is 0.628. The molecule has 2 heteroatoms. The quantitative estimate of drug-likeness (QED) is 0.713. The maximum atomic E-state index is 12.7. The number of aryl methyl sites for hydroxylation is 1. The lowest BCUT2D eigenvalue weighted by Crippen LogP contribution is -1.89. The molecule has 1 nitrogen and oxygen atoms in total. The Labute approximate surface area is 115 Å². The Hall–Kier alpha value is -1.83. The Morgan fingerprint density at radius 1 is 0.895 bits per heavy atom. The number of benzene rings is 2. The largest absolute Gasteiger partial charge is 0.399 e. The number of nitrogen functional groups attached to an aromatic ring is 1. The SMILES string of the molecule is CC(C)C.Cc1cc(-c2ccc(F)cc2)ccc1N. The molecule has 0 bridgehead atoms. The van der Waals surface area contributed by atoms with E-state index in [0.29, 0.717) is 0 Å². The third kappa shape index (κ3) is 5.12. The number of hydrogen-bond donors (Lipinski definition) is 1.